The monoisotopic (exact) mass is 600 g/mol. The average Bonchev–Trinajstić information content (AvgIpc) is 2.96. The number of rotatable bonds is 14. The van der Waals surface area contributed by atoms with Crippen molar-refractivity contribution in [3.63, 3.8) is 0 Å². The van der Waals surface area contributed by atoms with Crippen molar-refractivity contribution in [2.45, 2.75) is 31.9 Å². The number of carbonyl (C=O) groups excluding carboxylic acids is 3. The molecule has 9 nitrogen and oxygen atoms in total. The first-order valence-electron chi connectivity index (χ1n) is 13.3. The summed E-state index contributed by atoms with van der Waals surface area (Å²) in [6.45, 7) is 0.196. The largest absolute Gasteiger partial charge is 0.494 e. The van der Waals surface area contributed by atoms with Gasteiger partial charge >= 0.3 is 24.1 Å². The fourth-order valence-electron chi connectivity index (χ4n) is 3.59. The van der Waals surface area contributed by atoms with E-state index in [0.717, 1.165) is 0 Å². The lowest BCUT2D eigenvalue weighted by atomic mass is 10.2. The summed E-state index contributed by atoms with van der Waals surface area (Å²) < 4.78 is 57.5. The first-order valence-corrected chi connectivity index (χ1v) is 13.3. The molecule has 43 heavy (non-hydrogen) atoms. The van der Waals surface area contributed by atoms with Crippen molar-refractivity contribution in [2.24, 2.45) is 0 Å². The summed E-state index contributed by atoms with van der Waals surface area (Å²) in [7, 11) is 0. The van der Waals surface area contributed by atoms with Crippen molar-refractivity contribution < 1.29 is 46.5 Å². The summed E-state index contributed by atoms with van der Waals surface area (Å²) in [6, 6.07) is 16.8. The summed E-state index contributed by atoms with van der Waals surface area (Å²) >= 11 is 0. The summed E-state index contributed by atoms with van der Waals surface area (Å²) in [6.07, 6.45) is -1.53. The molecule has 228 valence electrons. The number of hydrogen-bond acceptors (Lipinski definition) is 9. The molecule has 0 aliphatic carbocycles. The molecular formula is C31H31F3N2O7. The third-order valence-corrected chi connectivity index (χ3v) is 5.70. The Balaban J connectivity index is 1.33. The molecule has 12 heteroatoms. The molecule has 3 aromatic carbocycles. The third-order valence-electron chi connectivity index (χ3n) is 5.70. The summed E-state index contributed by atoms with van der Waals surface area (Å²) in [5.74, 6) is -1.09. The molecule has 0 fully saturated rings. The maximum Gasteiger partial charge on any atom is 0.389 e. The zero-order chi connectivity index (χ0) is 31.2. The molecule has 0 saturated heterocycles. The Hall–Kier alpha value is -5.00. The van der Waals surface area contributed by atoms with Gasteiger partial charge in [-0.3, -0.25) is 0 Å². The Bertz CT molecular complexity index is 1390. The van der Waals surface area contributed by atoms with Crippen molar-refractivity contribution in [3.8, 4) is 11.5 Å². The Kier molecular flexibility index (Phi) is 12.0. The van der Waals surface area contributed by atoms with Crippen LogP contribution in [-0.2, 0) is 14.3 Å². The van der Waals surface area contributed by atoms with Gasteiger partial charge in [0.1, 0.15) is 11.5 Å². The van der Waals surface area contributed by atoms with Crippen LogP contribution in [0.15, 0.2) is 72.8 Å². The van der Waals surface area contributed by atoms with Crippen LogP contribution in [-0.4, -0.2) is 43.9 Å². The second kappa shape index (κ2) is 15.9. The number of anilines is 2. The predicted molar refractivity (Wildman–Crippen MR) is 153 cm³/mol. The van der Waals surface area contributed by atoms with Gasteiger partial charge in [0.25, 0.3) is 0 Å². The highest BCUT2D eigenvalue weighted by atomic mass is 19.4. The van der Waals surface area contributed by atoms with E-state index >= 15 is 0 Å². The second-order valence-corrected chi connectivity index (χ2v) is 9.28. The molecule has 0 heterocycles. The molecule has 0 aliphatic heterocycles. The zero-order valence-electron chi connectivity index (χ0n) is 23.1. The van der Waals surface area contributed by atoms with Crippen molar-refractivity contribution in [1.29, 1.82) is 0 Å². The highest BCUT2D eigenvalue weighted by Crippen LogP contribution is 2.22. The van der Waals surface area contributed by atoms with Crippen molar-refractivity contribution in [1.82, 2.24) is 0 Å². The predicted octanol–water partition coefficient (Wildman–Crippen LogP) is 5.99. The van der Waals surface area contributed by atoms with Gasteiger partial charge in [-0.1, -0.05) is 12.1 Å². The average molecular weight is 601 g/mol. The standard InChI is InChI=1S/C31H31F3N2O7/c32-31(33,34)14-3-17-40-26-11-7-22(8-12-26)30(39)43-27-9-4-21(5-10-27)6-13-28(37)41-15-1-2-16-42-29(38)23-18-24(35)20-25(36)19-23/h4-13,18-20H,1-3,14-17,35-36H2/b13-6+. The van der Waals surface area contributed by atoms with Gasteiger partial charge in [-0.05, 0) is 85.5 Å². The van der Waals surface area contributed by atoms with Gasteiger partial charge in [0.05, 0.1) is 30.9 Å². The molecule has 0 aliphatic rings. The molecule has 0 bridgehead atoms. The van der Waals surface area contributed by atoms with Crippen LogP contribution in [0.5, 0.6) is 11.5 Å². The zero-order valence-corrected chi connectivity index (χ0v) is 23.1. The molecule has 0 saturated carbocycles. The number of ether oxygens (including phenoxy) is 4. The number of hydrogen-bond donors (Lipinski definition) is 2. The van der Waals surface area contributed by atoms with Crippen LogP contribution in [0.1, 0.15) is 52.0 Å². The van der Waals surface area contributed by atoms with E-state index in [1.54, 1.807) is 30.3 Å². The number of nitrogens with two attached hydrogens (primary N) is 2. The summed E-state index contributed by atoms with van der Waals surface area (Å²) in [4.78, 5) is 36.4. The van der Waals surface area contributed by atoms with Gasteiger partial charge in [-0.2, -0.15) is 13.2 Å². The van der Waals surface area contributed by atoms with E-state index < -0.39 is 30.5 Å². The summed E-state index contributed by atoms with van der Waals surface area (Å²) in [5, 5.41) is 0. The van der Waals surface area contributed by atoms with Crippen LogP contribution in [0.25, 0.3) is 6.08 Å². The van der Waals surface area contributed by atoms with Crippen molar-refractivity contribution in [2.75, 3.05) is 31.3 Å². The molecule has 0 atom stereocenters. The SMILES string of the molecule is Nc1cc(N)cc(C(=O)OCCCCOC(=O)/C=C/c2ccc(OC(=O)c3ccc(OCCCC(F)(F)F)cc3)cc2)c1. The molecule has 4 N–H and O–H groups in total. The normalized spacial score (nSPS) is 11.2. The first kappa shape index (κ1) is 32.5. The lowest BCUT2D eigenvalue weighted by Gasteiger charge is -2.09. The molecule has 0 radical (unpaired) electrons. The Morgan fingerprint density at radius 1 is 0.698 bits per heavy atom. The molecule has 0 amide bonds. The highest BCUT2D eigenvalue weighted by Gasteiger charge is 2.26. The second-order valence-electron chi connectivity index (χ2n) is 9.28. The van der Waals surface area contributed by atoms with Gasteiger partial charge in [0.15, 0.2) is 0 Å². The quantitative estimate of drug-likeness (QED) is 0.0751. The van der Waals surface area contributed by atoms with Crippen LogP contribution < -0.4 is 20.9 Å². The van der Waals surface area contributed by atoms with Gasteiger partial charge in [-0.15, -0.1) is 0 Å². The van der Waals surface area contributed by atoms with Crippen LogP contribution in [0.2, 0.25) is 0 Å². The van der Waals surface area contributed by atoms with Crippen molar-refractivity contribution in [3.05, 3.63) is 89.5 Å². The van der Waals surface area contributed by atoms with E-state index in [0.29, 0.717) is 35.5 Å². The number of esters is 3. The molecule has 0 unspecified atom stereocenters. The highest BCUT2D eigenvalue weighted by molar-refractivity contribution is 5.92. The molecule has 0 spiro atoms. The topological polar surface area (TPSA) is 140 Å². The third kappa shape index (κ3) is 12.2. The van der Waals surface area contributed by atoms with Crippen LogP contribution in [0.4, 0.5) is 24.5 Å². The smallest absolute Gasteiger partial charge is 0.389 e. The van der Waals surface area contributed by atoms with E-state index in [1.807, 2.05) is 0 Å². The molecule has 0 aromatic heterocycles. The lowest BCUT2D eigenvalue weighted by molar-refractivity contribution is -0.138. The maximum absolute atomic E-state index is 12.4. The minimum Gasteiger partial charge on any atom is -0.494 e. The van der Waals surface area contributed by atoms with Gasteiger partial charge in [0, 0.05) is 23.9 Å². The Morgan fingerprint density at radius 2 is 1.30 bits per heavy atom. The minimum atomic E-state index is -4.23. The molecule has 3 aromatic rings. The van der Waals surface area contributed by atoms with Crippen LogP contribution in [0.3, 0.4) is 0 Å². The van der Waals surface area contributed by atoms with Gasteiger partial charge in [-0.25, -0.2) is 14.4 Å². The van der Waals surface area contributed by atoms with E-state index in [1.165, 1.54) is 48.5 Å². The van der Waals surface area contributed by atoms with Gasteiger partial charge in [0.2, 0.25) is 0 Å². The number of nitrogen functional groups attached to an aromatic ring is 2. The van der Waals surface area contributed by atoms with Crippen LogP contribution >= 0.6 is 0 Å². The Morgan fingerprint density at radius 3 is 1.93 bits per heavy atom. The molecule has 3 rings (SSSR count). The number of benzene rings is 3. The fraction of sp³-hybridized carbons (Fsp3) is 0.258. The van der Waals surface area contributed by atoms with E-state index in [9.17, 15) is 27.6 Å². The van der Waals surface area contributed by atoms with Gasteiger partial charge < -0.3 is 30.4 Å². The van der Waals surface area contributed by atoms with Crippen molar-refractivity contribution >= 4 is 35.4 Å². The Labute approximate surface area is 246 Å². The minimum absolute atomic E-state index is 0.0936. The number of unbranched alkanes of at least 4 members (excludes halogenated alkanes) is 1. The van der Waals surface area contributed by atoms with E-state index in [2.05, 4.69) is 0 Å². The number of halogens is 3. The number of alkyl halides is 3. The first-order chi connectivity index (χ1) is 20.5. The lowest BCUT2D eigenvalue weighted by Crippen LogP contribution is -2.10. The van der Waals surface area contributed by atoms with Crippen LogP contribution in [0, 0.1) is 0 Å². The van der Waals surface area contributed by atoms with E-state index in [4.69, 9.17) is 30.4 Å². The fourth-order valence-corrected chi connectivity index (χ4v) is 3.59. The maximum atomic E-state index is 12.4. The molecular weight excluding hydrogens is 569 g/mol. The number of carbonyl (C=O) groups is 3. The summed E-state index contributed by atoms with van der Waals surface area (Å²) in [5.41, 5.74) is 13.2. The van der Waals surface area contributed by atoms with E-state index in [-0.39, 0.29) is 43.1 Å².